The molecule has 90 valence electrons. The van der Waals surface area contributed by atoms with E-state index in [1.54, 1.807) is 6.26 Å². The number of halogens is 3. The molecule has 1 heterocycles. The molecule has 0 saturated heterocycles. The summed E-state index contributed by atoms with van der Waals surface area (Å²) in [6.45, 7) is 1.99. The van der Waals surface area contributed by atoms with Gasteiger partial charge in [0.15, 0.2) is 0 Å². The predicted molar refractivity (Wildman–Crippen MR) is 74.9 cm³/mol. The van der Waals surface area contributed by atoms with Gasteiger partial charge >= 0.3 is 0 Å². The molecule has 0 fully saturated rings. The van der Waals surface area contributed by atoms with Crippen LogP contribution in [-0.4, -0.2) is 0 Å². The highest BCUT2D eigenvalue weighted by atomic mass is 79.9. The van der Waals surface area contributed by atoms with Crippen molar-refractivity contribution in [2.24, 2.45) is 0 Å². The molecule has 0 spiro atoms. The fourth-order valence-corrected chi connectivity index (χ4v) is 2.31. The van der Waals surface area contributed by atoms with Crippen molar-refractivity contribution < 1.29 is 4.42 Å². The molecular formula is C12H10BrCl2NO. The van der Waals surface area contributed by atoms with Gasteiger partial charge < -0.3 is 9.73 Å². The average molecular weight is 335 g/mol. The van der Waals surface area contributed by atoms with E-state index in [0.29, 0.717) is 10.0 Å². The van der Waals surface area contributed by atoms with Gasteiger partial charge in [-0.2, -0.15) is 0 Å². The Balaban J connectivity index is 2.22. The van der Waals surface area contributed by atoms with E-state index >= 15 is 0 Å². The van der Waals surface area contributed by atoms with Crippen molar-refractivity contribution in [1.29, 1.82) is 0 Å². The van der Waals surface area contributed by atoms with Crippen LogP contribution in [0.4, 0.5) is 5.69 Å². The molecule has 1 atom stereocenters. The minimum atomic E-state index is 0.0275. The highest BCUT2D eigenvalue weighted by molar-refractivity contribution is 9.10. The smallest absolute Gasteiger partial charge is 0.125 e. The number of hydrogen-bond donors (Lipinski definition) is 1. The van der Waals surface area contributed by atoms with Gasteiger partial charge in [-0.1, -0.05) is 23.2 Å². The third kappa shape index (κ3) is 2.79. The lowest BCUT2D eigenvalue weighted by molar-refractivity contribution is 0.490. The molecule has 1 unspecified atom stereocenters. The molecule has 0 aliphatic heterocycles. The van der Waals surface area contributed by atoms with E-state index in [1.807, 2.05) is 31.2 Å². The summed E-state index contributed by atoms with van der Waals surface area (Å²) in [4.78, 5) is 0. The molecule has 2 aromatic rings. The summed E-state index contributed by atoms with van der Waals surface area (Å²) in [6, 6.07) is 7.51. The number of rotatable bonds is 3. The highest BCUT2D eigenvalue weighted by Crippen LogP contribution is 2.37. The molecule has 0 aliphatic rings. The second-order valence-electron chi connectivity index (χ2n) is 3.60. The highest BCUT2D eigenvalue weighted by Gasteiger charge is 2.13. The fourth-order valence-electron chi connectivity index (χ4n) is 1.48. The van der Waals surface area contributed by atoms with Crippen molar-refractivity contribution in [3.63, 3.8) is 0 Å². The molecule has 2 rings (SSSR count). The Hall–Kier alpha value is -0.640. The van der Waals surface area contributed by atoms with E-state index in [1.165, 1.54) is 0 Å². The maximum Gasteiger partial charge on any atom is 0.125 e. The molecule has 1 N–H and O–H groups in total. The monoisotopic (exact) mass is 333 g/mol. The number of anilines is 1. The molecule has 0 radical (unpaired) electrons. The van der Waals surface area contributed by atoms with Gasteiger partial charge in [-0.15, -0.1) is 0 Å². The molecule has 0 amide bonds. The van der Waals surface area contributed by atoms with Crippen molar-refractivity contribution in [3.8, 4) is 0 Å². The van der Waals surface area contributed by atoms with Crippen LogP contribution in [0.25, 0.3) is 0 Å². The minimum absolute atomic E-state index is 0.0275. The van der Waals surface area contributed by atoms with E-state index in [4.69, 9.17) is 27.6 Å². The topological polar surface area (TPSA) is 25.2 Å². The second-order valence-corrected chi connectivity index (χ2v) is 5.21. The molecule has 1 aromatic carbocycles. The molecule has 5 heteroatoms. The fraction of sp³-hybridized carbons (Fsp3) is 0.167. The van der Waals surface area contributed by atoms with Crippen molar-refractivity contribution in [2.45, 2.75) is 13.0 Å². The predicted octanol–water partition coefficient (Wildman–Crippen LogP) is 5.52. The number of furan rings is 1. The summed E-state index contributed by atoms with van der Waals surface area (Å²) in [5.74, 6) is 0.847. The molecule has 0 aliphatic carbocycles. The zero-order chi connectivity index (χ0) is 12.4. The van der Waals surface area contributed by atoms with E-state index in [-0.39, 0.29) is 6.04 Å². The van der Waals surface area contributed by atoms with E-state index in [2.05, 4.69) is 21.2 Å². The maximum absolute atomic E-state index is 6.15. The van der Waals surface area contributed by atoms with Gasteiger partial charge in [0.05, 0.1) is 28.0 Å². The molecule has 17 heavy (non-hydrogen) atoms. The lowest BCUT2D eigenvalue weighted by Crippen LogP contribution is -2.06. The van der Waals surface area contributed by atoms with Crippen molar-refractivity contribution in [1.82, 2.24) is 0 Å². The lowest BCUT2D eigenvalue weighted by Gasteiger charge is -2.15. The zero-order valence-corrected chi connectivity index (χ0v) is 12.1. The average Bonchev–Trinajstić information content (AvgIpc) is 2.83. The van der Waals surface area contributed by atoms with Crippen LogP contribution in [-0.2, 0) is 0 Å². The van der Waals surface area contributed by atoms with Crippen LogP contribution in [0.2, 0.25) is 10.0 Å². The first-order valence-electron chi connectivity index (χ1n) is 5.03. The Kier molecular flexibility index (Phi) is 4.02. The Morgan fingerprint density at radius 2 is 2.00 bits per heavy atom. The van der Waals surface area contributed by atoms with Crippen LogP contribution < -0.4 is 5.32 Å². The quantitative estimate of drug-likeness (QED) is 0.747. The van der Waals surface area contributed by atoms with Crippen molar-refractivity contribution >= 4 is 44.8 Å². The summed E-state index contributed by atoms with van der Waals surface area (Å²) in [6.07, 6.45) is 1.64. The Bertz CT molecular complexity index is 513. The summed E-state index contributed by atoms with van der Waals surface area (Å²) in [5, 5.41) is 4.25. The van der Waals surface area contributed by atoms with Gasteiger partial charge in [-0.25, -0.2) is 0 Å². The Labute approximate surface area is 118 Å². The summed E-state index contributed by atoms with van der Waals surface area (Å²) in [5.41, 5.74) is 0.781. The summed E-state index contributed by atoms with van der Waals surface area (Å²) in [7, 11) is 0. The van der Waals surface area contributed by atoms with Crippen LogP contribution in [0.5, 0.6) is 0 Å². The van der Waals surface area contributed by atoms with Gasteiger partial charge in [-0.05, 0) is 47.1 Å². The maximum atomic E-state index is 6.15. The molecular weight excluding hydrogens is 325 g/mol. The molecule has 0 saturated carbocycles. The number of nitrogens with one attached hydrogen (secondary N) is 1. The SMILES string of the molecule is CC(Nc1ccc(Br)c(Cl)c1Cl)c1ccco1. The molecule has 2 nitrogen and oxygen atoms in total. The third-order valence-corrected chi connectivity index (χ3v) is 4.15. The van der Waals surface area contributed by atoms with Crippen LogP contribution >= 0.6 is 39.1 Å². The third-order valence-electron chi connectivity index (χ3n) is 2.38. The number of benzene rings is 1. The van der Waals surface area contributed by atoms with E-state index in [0.717, 1.165) is 15.9 Å². The van der Waals surface area contributed by atoms with Crippen molar-refractivity contribution in [2.75, 3.05) is 5.32 Å². The minimum Gasteiger partial charge on any atom is -0.467 e. The zero-order valence-electron chi connectivity index (χ0n) is 9.01. The van der Waals surface area contributed by atoms with Gasteiger partial charge in [0.1, 0.15) is 5.76 Å². The molecule has 0 bridgehead atoms. The normalized spacial score (nSPS) is 12.5. The van der Waals surface area contributed by atoms with Gasteiger partial charge in [-0.3, -0.25) is 0 Å². The van der Waals surface area contributed by atoms with Crippen LogP contribution in [0.1, 0.15) is 18.7 Å². The summed E-state index contributed by atoms with van der Waals surface area (Å²) < 4.78 is 6.09. The van der Waals surface area contributed by atoms with Gasteiger partial charge in [0.25, 0.3) is 0 Å². The summed E-state index contributed by atoms with van der Waals surface area (Å²) >= 11 is 15.5. The lowest BCUT2D eigenvalue weighted by atomic mass is 10.2. The first-order chi connectivity index (χ1) is 8.09. The van der Waals surface area contributed by atoms with E-state index in [9.17, 15) is 0 Å². The van der Waals surface area contributed by atoms with Crippen LogP contribution in [0.15, 0.2) is 39.4 Å². The first kappa shape index (κ1) is 12.8. The Morgan fingerprint density at radius 1 is 1.24 bits per heavy atom. The standard InChI is InChI=1S/C12H10BrCl2NO/c1-7(10-3-2-6-17-10)16-9-5-4-8(13)11(14)12(9)15/h2-7,16H,1H3. The van der Waals surface area contributed by atoms with Crippen LogP contribution in [0.3, 0.4) is 0 Å². The van der Waals surface area contributed by atoms with E-state index < -0.39 is 0 Å². The first-order valence-corrected chi connectivity index (χ1v) is 6.58. The van der Waals surface area contributed by atoms with Crippen LogP contribution in [0, 0.1) is 0 Å². The largest absolute Gasteiger partial charge is 0.467 e. The second kappa shape index (κ2) is 5.34. The number of hydrogen-bond acceptors (Lipinski definition) is 2. The Morgan fingerprint density at radius 3 is 2.65 bits per heavy atom. The van der Waals surface area contributed by atoms with Crippen molar-refractivity contribution in [3.05, 3.63) is 50.8 Å². The van der Waals surface area contributed by atoms with Gasteiger partial charge in [0, 0.05) is 4.47 Å². The molecule has 1 aromatic heterocycles. The van der Waals surface area contributed by atoms with Gasteiger partial charge in [0.2, 0.25) is 0 Å².